The maximum atomic E-state index is 13.9. The topological polar surface area (TPSA) is 38.0 Å². The molecule has 0 aliphatic heterocycles. The summed E-state index contributed by atoms with van der Waals surface area (Å²) in [5.41, 5.74) is 3.03. The lowest BCUT2D eigenvalue weighted by atomic mass is 9.72. The predicted octanol–water partition coefficient (Wildman–Crippen LogP) is 3.54. The lowest BCUT2D eigenvalue weighted by Gasteiger charge is -2.36. The van der Waals surface area contributed by atoms with E-state index in [1.807, 2.05) is 0 Å². The number of hydrogen-bond donors (Lipinski definition) is 2. The van der Waals surface area contributed by atoms with Gasteiger partial charge < -0.3 is 0 Å². The Balaban J connectivity index is 2.22. The first-order valence-corrected chi connectivity index (χ1v) is 6.94. The van der Waals surface area contributed by atoms with Crippen molar-refractivity contribution in [1.82, 2.24) is 5.43 Å². The summed E-state index contributed by atoms with van der Waals surface area (Å²) in [6.07, 6.45) is 3.10. The number of hydrazine groups is 1. The molecule has 0 aromatic heterocycles. The third-order valence-electron chi connectivity index (χ3n) is 4.58. The van der Waals surface area contributed by atoms with Gasteiger partial charge in [0.25, 0.3) is 0 Å². The second-order valence-electron chi connectivity index (χ2n) is 5.84. The van der Waals surface area contributed by atoms with Crippen molar-refractivity contribution in [1.29, 1.82) is 0 Å². The molecule has 0 saturated heterocycles. The first-order chi connectivity index (χ1) is 9.02. The van der Waals surface area contributed by atoms with E-state index in [2.05, 4.69) is 19.3 Å². The monoisotopic (exact) mass is 268 g/mol. The molecule has 2 rings (SSSR count). The molecule has 1 fully saturated rings. The number of rotatable bonds is 3. The molecule has 4 unspecified atom stereocenters. The lowest BCUT2D eigenvalue weighted by molar-refractivity contribution is 0.169. The highest BCUT2D eigenvalue weighted by molar-refractivity contribution is 5.23. The van der Waals surface area contributed by atoms with Crippen molar-refractivity contribution in [3.63, 3.8) is 0 Å². The Hall–Kier alpha value is -1.00. The largest absolute Gasteiger partial charge is 0.271 e. The van der Waals surface area contributed by atoms with Gasteiger partial charge in [0.1, 0.15) is 11.6 Å². The third kappa shape index (κ3) is 3.12. The molecule has 0 amide bonds. The SMILES string of the molecule is CC1CCC(C(NN)c2cc(F)ccc2F)CC1C. The fraction of sp³-hybridized carbons (Fsp3) is 0.600. The van der Waals surface area contributed by atoms with Crippen LogP contribution in [-0.2, 0) is 0 Å². The minimum Gasteiger partial charge on any atom is -0.271 e. The van der Waals surface area contributed by atoms with E-state index in [0.717, 1.165) is 25.3 Å². The predicted molar refractivity (Wildman–Crippen MR) is 72.1 cm³/mol. The molecule has 0 heterocycles. The number of nitrogens with two attached hydrogens (primary N) is 1. The van der Waals surface area contributed by atoms with Crippen molar-refractivity contribution in [3.8, 4) is 0 Å². The number of benzene rings is 1. The van der Waals surface area contributed by atoms with Gasteiger partial charge in [0.15, 0.2) is 0 Å². The van der Waals surface area contributed by atoms with E-state index < -0.39 is 11.6 Å². The molecule has 1 aromatic carbocycles. The Morgan fingerprint density at radius 3 is 2.58 bits per heavy atom. The zero-order valence-electron chi connectivity index (χ0n) is 11.5. The quantitative estimate of drug-likeness (QED) is 0.650. The molecule has 0 radical (unpaired) electrons. The minimum atomic E-state index is -0.422. The maximum Gasteiger partial charge on any atom is 0.128 e. The van der Waals surface area contributed by atoms with Gasteiger partial charge >= 0.3 is 0 Å². The molecule has 0 bridgehead atoms. The first-order valence-electron chi connectivity index (χ1n) is 6.94. The number of halogens is 2. The molecular formula is C15H22F2N2. The minimum absolute atomic E-state index is 0.257. The van der Waals surface area contributed by atoms with Crippen LogP contribution in [0.15, 0.2) is 18.2 Å². The molecule has 1 aliphatic rings. The van der Waals surface area contributed by atoms with Gasteiger partial charge in [0, 0.05) is 5.56 Å². The lowest BCUT2D eigenvalue weighted by Crippen LogP contribution is -2.37. The van der Waals surface area contributed by atoms with Crippen LogP contribution in [0.3, 0.4) is 0 Å². The summed E-state index contributed by atoms with van der Waals surface area (Å²) in [5, 5.41) is 0. The van der Waals surface area contributed by atoms with Gasteiger partial charge in [-0.3, -0.25) is 11.3 Å². The fourth-order valence-electron chi connectivity index (χ4n) is 3.12. The molecule has 106 valence electrons. The van der Waals surface area contributed by atoms with E-state index in [1.54, 1.807) is 0 Å². The van der Waals surface area contributed by atoms with Crippen molar-refractivity contribution >= 4 is 0 Å². The van der Waals surface area contributed by atoms with Gasteiger partial charge in [-0.15, -0.1) is 0 Å². The maximum absolute atomic E-state index is 13.9. The Bertz CT molecular complexity index is 436. The highest BCUT2D eigenvalue weighted by Crippen LogP contribution is 2.40. The van der Waals surface area contributed by atoms with E-state index in [0.29, 0.717) is 17.4 Å². The summed E-state index contributed by atoms with van der Waals surface area (Å²) in [6, 6.07) is 3.25. The van der Waals surface area contributed by atoms with Crippen molar-refractivity contribution < 1.29 is 8.78 Å². The molecular weight excluding hydrogens is 246 g/mol. The van der Waals surface area contributed by atoms with Gasteiger partial charge in [-0.05, 0) is 48.8 Å². The second-order valence-corrected chi connectivity index (χ2v) is 5.84. The fourth-order valence-corrected chi connectivity index (χ4v) is 3.12. The highest BCUT2D eigenvalue weighted by atomic mass is 19.1. The standard InChI is InChI=1S/C15H22F2N2/c1-9-3-4-11(7-10(9)2)15(19-18)13-8-12(16)5-6-14(13)17/h5-6,8-11,15,19H,3-4,7,18H2,1-2H3. The van der Waals surface area contributed by atoms with Gasteiger partial charge in [-0.1, -0.05) is 20.3 Å². The molecule has 4 atom stereocenters. The molecule has 2 nitrogen and oxygen atoms in total. The van der Waals surface area contributed by atoms with E-state index >= 15 is 0 Å². The van der Waals surface area contributed by atoms with Gasteiger partial charge in [0.05, 0.1) is 6.04 Å². The van der Waals surface area contributed by atoms with Crippen LogP contribution < -0.4 is 11.3 Å². The van der Waals surface area contributed by atoms with Crippen LogP contribution in [0.1, 0.15) is 44.7 Å². The molecule has 3 N–H and O–H groups in total. The summed E-state index contributed by atoms with van der Waals surface area (Å²) in [6.45, 7) is 4.46. The van der Waals surface area contributed by atoms with Crippen LogP contribution in [0.5, 0.6) is 0 Å². The number of hydrogen-bond acceptors (Lipinski definition) is 2. The van der Waals surface area contributed by atoms with E-state index in [1.165, 1.54) is 12.1 Å². The summed E-state index contributed by atoms with van der Waals surface area (Å²) in [7, 11) is 0. The van der Waals surface area contributed by atoms with Crippen molar-refractivity contribution in [3.05, 3.63) is 35.4 Å². The Morgan fingerprint density at radius 1 is 1.21 bits per heavy atom. The van der Waals surface area contributed by atoms with E-state index in [9.17, 15) is 8.78 Å². The average molecular weight is 268 g/mol. The summed E-state index contributed by atoms with van der Waals surface area (Å²) < 4.78 is 27.2. The van der Waals surface area contributed by atoms with Crippen LogP contribution in [0, 0.1) is 29.4 Å². The third-order valence-corrected chi connectivity index (χ3v) is 4.58. The zero-order valence-corrected chi connectivity index (χ0v) is 11.5. The summed E-state index contributed by atoms with van der Waals surface area (Å²) >= 11 is 0. The van der Waals surface area contributed by atoms with Crippen molar-refractivity contribution in [2.75, 3.05) is 0 Å². The van der Waals surface area contributed by atoms with Gasteiger partial charge in [-0.25, -0.2) is 8.78 Å². The summed E-state index contributed by atoms with van der Waals surface area (Å²) in [5.74, 6) is 6.31. The summed E-state index contributed by atoms with van der Waals surface area (Å²) in [4.78, 5) is 0. The molecule has 1 aliphatic carbocycles. The van der Waals surface area contributed by atoms with Gasteiger partial charge in [-0.2, -0.15) is 0 Å². The van der Waals surface area contributed by atoms with Crippen LogP contribution >= 0.6 is 0 Å². The second kappa shape index (κ2) is 5.97. The van der Waals surface area contributed by atoms with E-state index in [4.69, 9.17) is 5.84 Å². The molecule has 0 spiro atoms. The van der Waals surface area contributed by atoms with Crippen LogP contribution in [-0.4, -0.2) is 0 Å². The Labute approximate surface area is 113 Å². The van der Waals surface area contributed by atoms with Crippen LogP contribution in [0.2, 0.25) is 0 Å². The Kier molecular flexibility index (Phi) is 4.53. The van der Waals surface area contributed by atoms with E-state index in [-0.39, 0.29) is 12.0 Å². The molecule has 1 saturated carbocycles. The van der Waals surface area contributed by atoms with Crippen molar-refractivity contribution in [2.24, 2.45) is 23.6 Å². The smallest absolute Gasteiger partial charge is 0.128 e. The average Bonchev–Trinajstić information content (AvgIpc) is 2.38. The Morgan fingerprint density at radius 2 is 1.95 bits per heavy atom. The van der Waals surface area contributed by atoms with Crippen LogP contribution in [0.4, 0.5) is 8.78 Å². The molecule has 19 heavy (non-hydrogen) atoms. The number of nitrogens with one attached hydrogen (secondary N) is 1. The zero-order chi connectivity index (χ0) is 14.0. The first kappa shape index (κ1) is 14.4. The highest BCUT2D eigenvalue weighted by Gasteiger charge is 2.31. The molecule has 4 heteroatoms. The normalized spacial score (nSPS) is 29.2. The molecule has 1 aromatic rings. The van der Waals surface area contributed by atoms with Gasteiger partial charge in [0.2, 0.25) is 0 Å². The van der Waals surface area contributed by atoms with Crippen LogP contribution in [0.25, 0.3) is 0 Å². The van der Waals surface area contributed by atoms with Crippen molar-refractivity contribution in [2.45, 2.75) is 39.2 Å².